The van der Waals surface area contributed by atoms with Crippen molar-refractivity contribution in [3.8, 4) is 5.75 Å². The second-order valence-corrected chi connectivity index (χ2v) is 8.33. The second kappa shape index (κ2) is 8.57. The Hall–Kier alpha value is -2.35. The van der Waals surface area contributed by atoms with Gasteiger partial charge in [-0.2, -0.15) is 0 Å². The number of nitro groups is 1. The summed E-state index contributed by atoms with van der Waals surface area (Å²) in [6, 6.07) is 7.99. The minimum atomic E-state index is -0.655. The maximum atomic E-state index is 12.2. The van der Waals surface area contributed by atoms with Crippen molar-refractivity contribution in [2.75, 3.05) is 0 Å². The second-order valence-electron chi connectivity index (χ2n) is 6.00. The van der Waals surface area contributed by atoms with Gasteiger partial charge in [-0.05, 0) is 81.9 Å². The Morgan fingerprint density at radius 2 is 1.90 bits per heavy atom. The van der Waals surface area contributed by atoms with Gasteiger partial charge in [0.25, 0.3) is 5.69 Å². The summed E-state index contributed by atoms with van der Waals surface area (Å²) in [5.74, 6) is -0.624. The first-order chi connectivity index (χ1) is 13.7. The van der Waals surface area contributed by atoms with Crippen molar-refractivity contribution in [1.82, 2.24) is 0 Å². The topological polar surface area (TPSA) is 108 Å². The van der Waals surface area contributed by atoms with Crippen molar-refractivity contribution in [2.45, 2.75) is 13.8 Å². The molecule has 3 rings (SSSR count). The number of hydrogen-bond acceptors (Lipinski definition) is 7. The summed E-state index contributed by atoms with van der Waals surface area (Å²) in [6.45, 7) is 2.95. The number of aryl methyl sites for hydroxylation is 1. The molecule has 0 atom stereocenters. The van der Waals surface area contributed by atoms with Crippen molar-refractivity contribution >= 4 is 74.8 Å². The van der Waals surface area contributed by atoms with E-state index in [2.05, 4.69) is 4.99 Å². The molecule has 0 aliphatic carbocycles. The molecular weight excluding hydrogens is 606 g/mol. The predicted molar refractivity (Wildman–Crippen MR) is 122 cm³/mol. The molecule has 0 radical (unpaired) electrons. The van der Waals surface area contributed by atoms with E-state index in [1.54, 1.807) is 37.3 Å². The number of carbonyl (C=O) groups is 2. The van der Waals surface area contributed by atoms with Crippen molar-refractivity contribution < 1.29 is 24.0 Å². The van der Waals surface area contributed by atoms with Crippen LogP contribution in [0.2, 0.25) is 0 Å². The predicted octanol–water partition coefficient (Wildman–Crippen LogP) is 4.38. The summed E-state index contributed by atoms with van der Waals surface area (Å²) in [5.41, 5.74) is 1.49. The van der Waals surface area contributed by atoms with Crippen LogP contribution in [0.15, 0.2) is 41.0 Å². The van der Waals surface area contributed by atoms with Gasteiger partial charge in [-0.3, -0.25) is 14.9 Å². The third-order valence-electron chi connectivity index (χ3n) is 3.84. The highest BCUT2D eigenvalue weighted by Crippen LogP contribution is 2.31. The highest BCUT2D eigenvalue weighted by atomic mass is 127. The fourth-order valence-corrected chi connectivity index (χ4v) is 4.57. The molecule has 148 valence electrons. The number of esters is 2. The summed E-state index contributed by atoms with van der Waals surface area (Å²) in [6.07, 6.45) is 1.54. The number of carbonyl (C=O) groups excluding carboxylic acids is 2. The average Bonchev–Trinajstić information content (AvgIpc) is 2.98. The van der Waals surface area contributed by atoms with Gasteiger partial charge in [0.15, 0.2) is 11.4 Å². The lowest BCUT2D eigenvalue weighted by atomic mass is 10.1. The van der Waals surface area contributed by atoms with Crippen LogP contribution >= 0.6 is 45.2 Å². The zero-order valence-electron chi connectivity index (χ0n) is 15.1. The molecule has 0 aromatic heterocycles. The lowest BCUT2D eigenvalue weighted by Crippen LogP contribution is -2.06. The van der Waals surface area contributed by atoms with Gasteiger partial charge in [0.1, 0.15) is 0 Å². The maximum absolute atomic E-state index is 12.2. The standard InChI is InChI=1S/C19H12I2N2O6/c1-9-3-4-12(8-16(9)23(26)27)18-22-15(19(25)29-18)7-11-5-13(20)17(14(21)6-11)28-10(2)24/h3-8H,1-2H3/b15-7-. The number of nitro benzene ring substituents is 1. The fourth-order valence-electron chi connectivity index (χ4n) is 2.53. The van der Waals surface area contributed by atoms with E-state index in [0.717, 1.165) is 0 Å². The van der Waals surface area contributed by atoms with Crippen molar-refractivity contribution in [2.24, 2.45) is 4.99 Å². The van der Waals surface area contributed by atoms with Crippen LogP contribution in [0.5, 0.6) is 5.75 Å². The summed E-state index contributed by atoms with van der Waals surface area (Å²) in [7, 11) is 0. The molecule has 2 aromatic carbocycles. The number of aliphatic imine (C=N–C) groups is 1. The lowest BCUT2D eigenvalue weighted by molar-refractivity contribution is -0.385. The molecule has 0 spiro atoms. The number of rotatable bonds is 4. The van der Waals surface area contributed by atoms with Crippen LogP contribution in [0, 0.1) is 24.2 Å². The van der Waals surface area contributed by atoms with E-state index in [1.807, 2.05) is 45.2 Å². The summed E-state index contributed by atoms with van der Waals surface area (Å²) < 4.78 is 11.8. The third-order valence-corrected chi connectivity index (χ3v) is 5.45. The molecule has 1 aliphatic heterocycles. The number of halogens is 2. The van der Waals surface area contributed by atoms with Gasteiger partial charge in [-0.1, -0.05) is 6.07 Å². The van der Waals surface area contributed by atoms with E-state index < -0.39 is 16.9 Å². The number of nitrogens with zero attached hydrogens (tertiary/aromatic N) is 2. The summed E-state index contributed by atoms with van der Waals surface area (Å²) >= 11 is 4.07. The Labute approximate surface area is 192 Å². The Morgan fingerprint density at radius 3 is 2.48 bits per heavy atom. The van der Waals surface area contributed by atoms with Crippen molar-refractivity contribution in [3.63, 3.8) is 0 Å². The molecule has 29 heavy (non-hydrogen) atoms. The van der Waals surface area contributed by atoms with Crippen LogP contribution in [0.3, 0.4) is 0 Å². The van der Waals surface area contributed by atoms with Crippen LogP contribution in [0.1, 0.15) is 23.6 Å². The zero-order valence-corrected chi connectivity index (χ0v) is 19.4. The van der Waals surface area contributed by atoms with E-state index in [1.165, 1.54) is 13.0 Å². The maximum Gasteiger partial charge on any atom is 0.363 e. The average molecular weight is 618 g/mol. The molecule has 0 fully saturated rings. The number of hydrogen-bond donors (Lipinski definition) is 0. The minimum absolute atomic E-state index is 0.00489. The third kappa shape index (κ3) is 4.80. The number of benzene rings is 2. The molecule has 0 unspecified atom stereocenters. The molecule has 8 nitrogen and oxygen atoms in total. The van der Waals surface area contributed by atoms with Gasteiger partial charge in [-0.15, -0.1) is 0 Å². The van der Waals surface area contributed by atoms with E-state index in [4.69, 9.17) is 9.47 Å². The molecule has 1 aliphatic rings. The Bertz CT molecular complexity index is 1100. The zero-order chi connectivity index (χ0) is 21.3. The van der Waals surface area contributed by atoms with E-state index >= 15 is 0 Å². The van der Waals surface area contributed by atoms with Crippen LogP contribution in [-0.2, 0) is 14.3 Å². The first kappa shape index (κ1) is 21.4. The smallest absolute Gasteiger partial charge is 0.363 e. The summed E-state index contributed by atoms with van der Waals surface area (Å²) in [5, 5.41) is 11.1. The molecular formula is C19H12I2N2O6. The van der Waals surface area contributed by atoms with Crippen LogP contribution in [-0.4, -0.2) is 22.8 Å². The van der Waals surface area contributed by atoms with Gasteiger partial charge >= 0.3 is 11.9 Å². The number of ether oxygens (including phenoxy) is 2. The molecule has 0 saturated carbocycles. The molecule has 0 saturated heterocycles. The molecule has 0 N–H and O–H groups in total. The first-order valence-corrected chi connectivity index (χ1v) is 10.3. The highest BCUT2D eigenvalue weighted by molar-refractivity contribution is 14.1. The van der Waals surface area contributed by atoms with E-state index in [9.17, 15) is 19.7 Å². The highest BCUT2D eigenvalue weighted by Gasteiger charge is 2.26. The Morgan fingerprint density at radius 1 is 1.24 bits per heavy atom. The summed E-state index contributed by atoms with van der Waals surface area (Å²) in [4.78, 5) is 38.3. The van der Waals surface area contributed by atoms with Gasteiger partial charge in [0.05, 0.1) is 12.1 Å². The number of cyclic esters (lactones) is 1. The first-order valence-electron chi connectivity index (χ1n) is 8.11. The van der Waals surface area contributed by atoms with Gasteiger partial charge in [-0.25, -0.2) is 9.79 Å². The molecule has 2 aromatic rings. The van der Waals surface area contributed by atoms with E-state index in [0.29, 0.717) is 29.6 Å². The largest absolute Gasteiger partial charge is 0.424 e. The monoisotopic (exact) mass is 618 g/mol. The normalized spacial score (nSPS) is 14.6. The van der Waals surface area contributed by atoms with Gasteiger partial charge < -0.3 is 9.47 Å². The van der Waals surface area contributed by atoms with E-state index in [-0.39, 0.29) is 17.3 Å². The minimum Gasteiger partial charge on any atom is -0.424 e. The lowest BCUT2D eigenvalue weighted by Gasteiger charge is -2.08. The van der Waals surface area contributed by atoms with Gasteiger partial charge in [0.2, 0.25) is 5.90 Å². The molecule has 0 bridgehead atoms. The molecule has 10 heteroatoms. The van der Waals surface area contributed by atoms with Crippen LogP contribution < -0.4 is 4.74 Å². The van der Waals surface area contributed by atoms with Crippen LogP contribution in [0.4, 0.5) is 5.69 Å². The van der Waals surface area contributed by atoms with Crippen molar-refractivity contribution in [3.05, 3.63) is 70.0 Å². The fraction of sp³-hybridized carbons (Fsp3) is 0.105. The quantitative estimate of drug-likeness (QED) is 0.126. The van der Waals surface area contributed by atoms with Crippen molar-refractivity contribution in [1.29, 1.82) is 0 Å². The Kier molecular flexibility index (Phi) is 6.31. The van der Waals surface area contributed by atoms with Crippen LogP contribution in [0.25, 0.3) is 6.08 Å². The SMILES string of the molecule is CC(=O)Oc1c(I)cc(/C=C2\N=C(c3ccc(C)c([N+](=O)[O-])c3)OC2=O)cc1I. The van der Waals surface area contributed by atoms with Gasteiger partial charge in [0, 0.05) is 24.1 Å². The Balaban J connectivity index is 1.96. The molecule has 0 amide bonds. The molecule has 1 heterocycles.